The Morgan fingerprint density at radius 2 is 2.29 bits per heavy atom. The number of rotatable bonds is 3. The van der Waals surface area contributed by atoms with Gasteiger partial charge in [0.05, 0.1) is 12.4 Å². The maximum Gasteiger partial charge on any atom is 0.358 e. The molecule has 5 heteroatoms. The van der Waals surface area contributed by atoms with Crippen LogP contribution in [0.3, 0.4) is 0 Å². The molecule has 2 rings (SSSR count). The van der Waals surface area contributed by atoms with Gasteiger partial charge in [-0.15, -0.1) is 11.3 Å². The largest absolute Gasteiger partial charge is 0.462 e. The Bertz CT molecular complexity index is 514. The highest BCUT2D eigenvalue weighted by Crippen LogP contribution is 2.28. The van der Waals surface area contributed by atoms with E-state index in [4.69, 9.17) is 9.15 Å². The maximum atomic E-state index is 11.8. The van der Waals surface area contributed by atoms with Gasteiger partial charge in [0, 0.05) is 4.88 Å². The fraction of sp³-hybridized carbons (Fsp3) is 0.333. The van der Waals surface area contributed by atoms with E-state index in [9.17, 15) is 4.79 Å². The lowest BCUT2D eigenvalue weighted by molar-refractivity contribution is 0.0371. The number of hydrogen-bond donors (Lipinski definition) is 0. The summed E-state index contributed by atoms with van der Waals surface area (Å²) in [7, 11) is 0. The number of thiazole rings is 1. The van der Waals surface area contributed by atoms with E-state index in [2.05, 4.69) is 4.98 Å². The summed E-state index contributed by atoms with van der Waals surface area (Å²) in [6.45, 7) is 5.47. The van der Waals surface area contributed by atoms with Crippen LogP contribution < -0.4 is 0 Å². The average molecular weight is 251 g/mol. The van der Waals surface area contributed by atoms with E-state index < -0.39 is 0 Å². The Morgan fingerprint density at radius 3 is 2.88 bits per heavy atom. The van der Waals surface area contributed by atoms with Crippen LogP contribution in [-0.2, 0) is 4.74 Å². The number of esters is 1. The molecular formula is C12H13NO3S. The molecule has 0 aliphatic rings. The van der Waals surface area contributed by atoms with Crippen LogP contribution in [-0.4, -0.2) is 17.1 Å². The lowest BCUT2D eigenvalue weighted by atomic mass is 10.3. The molecule has 0 fully saturated rings. The first kappa shape index (κ1) is 11.9. The standard InChI is InChI=1S/C12H13NO3S/c1-7(2)16-12(14)10-8(3)17-11(13-10)9-5-4-6-15-9/h4-7H,1-3H3. The molecule has 0 aliphatic heterocycles. The zero-order chi connectivity index (χ0) is 12.4. The van der Waals surface area contributed by atoms with E-state index in [0.717, 1.165) is 4.88 Å². The van der Waals surface area contributed by atoms with Crippen LogP contribution >= 0.6 is 11.3 Å². The minimum Gasteiger partial charge on any atom is -0.462 e. The van der Waals surface area contributed by atoms with Gasteiger partial charge in [0.15, 0.2) is 16.5 Å². The molecular weight excluding hydrogens is 238 g/mol. The molecule has 0 spiro atoms. The molecule has 0 saturated carbocycles. The molecule has 90 valence electrons. The fourth-order valence-electron chi connectivity index (χ4n) is 1.36. The van der Waals surface area contributed by atoms with E-state index in [0.29, 0.717) is 16.5 Å². The molecule has 0 unspecified atom stereocenters. The fourth-order valence-corrected chi connectivity index (χ4v) is 2.23. The van der Waals surface area contributed by atoms with Gasteiger partial charge < -0.3 is 9.15 Å². The zero-order valence-electron chi connectivity index (χ0n) is 9.89. The molecule has 0 saturated heterocycles. The summed E-state index contributed by atoms with van der Waals surface area (Å²) in [6.07, 6.45) is 1.44. The van der Waals surface area contributed by atoms with Crippen LogP contribution in [0.5, 0.6) is 0 Å². The molecule has 4 nitrogen and oxygen atoms in total. The lowest BCUT2D eigenvalue weighted by Gasteiger charge is -2.05. The third kappa shape index (κ3) is 2.55. The summed E-state index contributed by atoms with van der Waals surface area (Å²) in [4.78, 5) is 16.8. The predicted octanol–water partition coefficient (Wildman–Crippen LogP) is 3.28. The van der Waals surface area contributed by atoms with Gasteiger partial charge >= 0.3 is 5.97 Å². The first-order chi connectivity index (χ1) is 8.08. The van der Waals surface area contributed by atoms with Crippen molar-refractivity contribution in [1.29, 1.82) is 0 Å². The van der Waals surface area contributed by atoms with Crippen molar-refractivity contribution in [3.63, 3.8) is 0 Å². The molecule has 0 radical (unpaired) electrons. The lowest BCUT2D eigenvalue weighted by Crippen LogP contribution is -2.12. The Balaban J connectivity index is 2.28. The van der Waals surface area contributed by atoms with E-state index in [1.54, 1.807) is 12.3 Å². The number of aryl methyl sites for hydroxylation is 1. The first-order valence-corrected chi connectivity index (χ1v) is 6.12. The van der Waals surface area contributed by atoms with Gasteiger partial charge in [-0.05, 0) is 32.9 Å². The zero-order valence-corrected chi connectivity index (χ0v) is 10.7. The quantitative estimate of drug-likeness (QED) is 0.785. The van der Waals surface area contributed by atoms with E-state index in [-0.39, 0.29) is 12.1 Å². The van der Waals surface area contributed by atoms with Crippen molar-refractivity contribution in [3.05, 3.63) is 29.0 Å². The van der Waals surface area contributed by atoms with Gasteiger partial charge in [-0.1, -0.05) is 0 Å². The summed E-state index contributed by atoms with van der Waals surface area (Å²) < 4.78 is 10.4. The Morgan fingerprint density at radius 1 is 1.53 bits per heavy atom. The van der Waals surface area contributed by atoms with Crippen LogP contribution in [0.2, 0.25) is 0 Å². The third-order valence-corrected chi connectivity index (χ3v) is 3.05. The maximum absolute atomic E-state index is 11.8. The van der Waals surface area contributed by atoms with E-state index in [1.807, 2.05) is 26.8 Å². The van der Waals surface area contributed by atoms with Gasteiger partial charge in [0.25, 0.3) is 0 Å². The number of furan rings is 1. The SMILES string of the molecule is Cc1sc(-c2ccco2)nc1C(=O)OC(C)C. The molecule has 2 aromatic heterocycles. The summed E-state index contributed by atoms with van der Waals surface area (Å²) >= 11 is 1.42. The monoisotopic (exact) mass is 251 g/mol. The summed E-state index contributed by atoms with van der Waals surface area (Å²) in [5, 5.41) is 0.697. The van der Waals surface area contributed by atoms with Crippen LogP contribution in [0.4, 0.5) is 0 Å². The van der Waals surface area contributed by atoms with Crippen molar-refractivity contribution in [1.82, 2.24) is 4.98 Å². The molecule has 0 bridgehead atoms. The number of hydrogen-bond acceptors (Lipinski definition) is 5. The number of carbonyl (C=O) groups is 1. The van der Waals surface area contributed by atoms with Crippen molar-refractivity contribution in [2.24, 2.45) is 0 Å². The van der Waals surface area contributed by atoms with Gasteiger partial charge in [0.2, 0.25) is 0 Å². The first-order valence-electron chi connectivity index (χ1n) is 5.30. The van der Waals surface area contributed by atoms with Crippen molar-refractivity contribution in [3.8, 4) is 10.8 Å². The van der Waals surface area contributed by atoms with Crippen LogP contribution in [0, 0.1) is 6.92 Å². The Labute approximate surface area is 103 Å². The highest BCUT2D eigenvalue weighted by atomic mass is 32.1. The molecule has 0 amide bonds. The smallest absolute Gasteiger partial charge is 0.358 e. The topological polar surface area (TPSA) is 52.3 Å². The van der Waals surface area contributed by atoms with Crippen molar-refractivity contribution < 1.29 is 13.9 Å². The van der Waals surface area contributed by atoms with Crippen LogP contribution in [0.15, 0.2) is 22.8 Å². The van der Waals surface area contributed by atoms with Crippen molar-refractivity contribution in [2.75, 3.05) is 0 Å². The van der Waals surface area contributed by atoms with E-state index in [1.165, 1.54) is 11.3 Å². The highest BCUT2D eigenvalue weighted by Gasteiger charge is 2.19. The molecule has 17 heavy (non-hydrogen) atoms. The van der Waals surface area contributed by atoms with Crippen molar-refractivity contribution in [2.45, 2.75) is 26.9 Å². The highest BCUT2D eigenvalue weighted by molar-refractivity contribution is 7.15. The third-order valence-electron chi connectivity index (χ3n) is 2.06. The van der Waals surface area contributed by atoms with Gasteiger partial charge in [-0.2, -0.15) is 0 Å². The molecule has 2 heterocycles. The van der Waals surface area contributed by atoms with Crippen molar-refractivity contribution >= 4 is 17.3 Å². The second kappa shape index (κ2) is 4.71. The van der Waals surface area contributed by atoms with Gasteiger partial charge in [-0.3, -0.25) is 0 Å². The van der Waals surface area contributed by atoms with Crippen LogP contribution in [0.1, 0.15) is 29.2 Å². The summed E-state index contributed by atoms with van der Waals surface area (Å²) in [6, 6.07) is 3.61. The number of ether oxygens (including phenoxy) is 1. The van der Waals surface area contributed by atoms with Gasteiger partial charge in [-0.25, -0.2) is 9.78 Å². The molecule has 0 atom stereocenters. The minimum atomic E-state index is -0.383. The number of aromatic nitrogens is 1. The van der Waals surface area contributed by atoms with Crippen LogP contribution in [0.25, 0.3) is 10.8 Å². The Kier molecular flexibility index (Phi) is 3.28. The Hall–Kier alpha value is -1.62. The molecule has 0 N–H and O–H groups in total. The number of carbonyl (C=O) groups excluding carboxylic acids is 1. The second-order valence-corrected chi connectivity index (χ2v) is 5.06. The normalized spacial score (nSPS) is 10.8. The molecule has 0 aliphatic carbocycles. The van der Waals surface area contributed by atoms with Gasteiger partial charge in [0.1, 0.15) is 0 Å². The summed E-state index contributed by atoms with van der Waals surface area (Å²) in [5.41, 5.74) is 0.370. The number of nitrogens with zero attached hydrogens (tertiary/aromatic N) is 1. The van der Waals surface area contributed by atoms with E-state index >= 15 is 0 Å². The summed E-state index contributed by atoms with van der Waals surface area (Å²) in [5.74, 6) is 0.285. The minimum absolute atomic E-state index is 0.143. The molecule has 0 aromatic carbocycles. The predicted molar refractivity (Wildman–Crippen MR) is 65.1 cm³/mol. The molecule has 2 aromatic rings. The average Bonchev–Trinajstić information content (AvgIpc) is 2.84. The second-order valence-electron chi connectivity index (χ2n) is 3.86.